The minimum Gasteiger partial charge on any atom is -0.506 e. The van der Waals surface area contributed by atoms with Crippen molar-refractivity contribution < 1.29 is 18.9 Å². The first-order valence-electron chi connectivity index (χ1n) is 12.4. The Morgan fingerprint density at radius 1 is 1.03 bits per heavy atom. The smallest absolute Gasteiger partial charge is 0.213 e. The third-order valence-corrected chi connectivity index (χ3v) is 6.60. The lowest BCUT2D eigenvalue weighted by molar-refractivity contribution is -0.432. The van der Waals surface area contributed by atoms with Gasteiger partial charge in [0.25, 0.3) is 0 Å². The molecule has 0 amide bonds. The molecule has 180 valence electrons. The molecule has 1 heterocycles. The van der Waals surface area contributed by atoms with E-state index >= 15 is 4.39 Å². The van der Waals surface area contributed by atoms with Gasteiger partial charge >= 0.3 is 0 Å². The van der Waals surface area contributed by atoms with Crippen molar-refractivity contribution in [2.75, 3.05) is 24.5 Å². The highest BCUT2D eigenvalue weighted by Crippen LogP contribution is 2.44. The number of ketones is 1. The number of hydrogen-bond acceptors (Lipinski definition) is 4. The second kappa shape index (κ2) is 10.7. The molecule has 0 aromatic heterocycles. The van der Waals surface area contributed by atoms with E-state index in [0.717, 1.165) is 50.0 Å². The summed E-state index contributed by atoms with van der Waals surface area (Å²) in [5.74, 6) is -1.06. The molecule has 2 aromatic rings. The first-order valence-corrected chi connectivity index (χ1v) is 12.4. The van der Waals surface area contributed by atoms with E-state index in [1.807, 2.05) is 35.4 Å². The highest BCUT2D eigenvalue weighted by molar-refractivity contribution is 6.44. The Morgan fingerprint density at radius 2 is 1.80 bits per heavy atom. The summed E-state index contributed by atoms with van der Waals surface area (Å²) >= 11 is 0. The number of fused-ring (bicyclic) bond motifs is 1. The lowest BCUT2D eigenvalue weighted by Gasteiger charge is -2.26. The van der Waals surface area contributed by atoms with Crippen LogP contribution >= 0.6 is 0 Å². The molecule has 5 nitrogen and oxygen atoms in total. The van der Waals surface area contributed by atoms with Crippen LogP contribution in [0.15, 0.2) is 53.8 Å². The first kappa shape index (κ1) is 24.4. The van der Waals surface area contributed by atoms with Crippen molar-refractivity contribution in [1.82, 2.24) is 0 Å². The number of aliphatic hydroxyl groups is 1. The summed E-state index contributed by atoms with van der Waals surface area (Å²) in [6.45, 7) is 6.28. The highest BCUT2D eigenvalue weighted by Gasteiger charge is 2.41. The third-order valence-electron chi connectivity index (χ3n) is 6.60. The van der Waals surface area contributed by atoms with Crippen LogP contribution in [-0.4, -0.2) is 41.3 Å². The summed E-state index contributed by atoms with van der Waals surface area (Å²) in [4.78, 5) is 15.2. The number of anilines is 1. The molecular weight excluding hydrogens is 441 g/mol. The third kappa shape index (κ3) is 4.64. The molecule has 35 heavy (non-hydrogen) atoms. The van der Waals surface area contributed by atoms with Crippen LogP contribution in [0.1, 0.15) is 57.1 Å². The number of unbranched alkanes of at least 4 members (excludes halogenated alkanes) is 2. The summed E-state index contributed by atoms with van der Waals surface area (Å²) in [6, 6.07) is 14.7. The van der Waals surface area contributed by atoms with Crippen LogP contribution in [0, 0.1) is 17.1 Å². The highest BCUT2D eigenvalue weighted by atomic mass is 19.1. The zero-order valence-electron chi connectivity index (χ0n) is 20.4. The Labute approximate surface area is 206 Å². The van der Waals surface area contributed by atoms with Gasteiger partial charge in [-0.2, -0.15) is 9.84 Å². The Kier molecular flexibility index (Phi) is 7.45. The average molecular weight is 473 g/mol. The molecule has 2 aliphatic rings. The van der Waals surface area contributed by atoms with Gasteiger partial charge in [0.1, 0.15) is 18.1 Å². The summed E-state index contributed by atoms with van der Waals surface area (Å²) in [5.41, 5.74) is 3.63. The number of halogens is 1. The van der Waals surface area contributed by atoms with Crippen LogP contribution in [0.5, 0.6) is 0 Å². The predicted octanol–water partition coefficient (Wildman–Crippen LogP) is 6.18. The summed E-state index contributed by atoms with van der Waals surface area (Å²) in [6.07, 6.45) is 6.25. The number of rotatable bonds is 10. The van der Waals surface area contributed by atoms with E-state index in [-0.39, 0.29) is 28.3 Å². The number of carbonyl (C=O) groups excluding carboxylic acids is 1. The molecule has 6 heteroatoms. The van der Waals surface area contributed by atoms with Gasteiger partial charge in [-0.05, 0) is 30.7 Å². The Bertz CT molecular complexity index is 1280. The molecule has 0 saturated carbocycles. The van der Waals surface area contributed by atoms with Crippen LogP contribution in [-0.2, 0) is 4.79 Å². The largest absolute Gasteiger partial charge is 0.506 e. The monoisotopic (exact) mass is 472 g/mol. The first-order chi connectivity index (χ1) is 17.0. The van der Waals surface area contributed by atoms with Crippen molar-refractivity contribution in [1.29, 1.82) is 5.26 Å². The van der Waals surface area contributed by atoms with Crippen molar-refractivity contribution in [2.24, 2.45) is 0 Å². The molecule has 0 unspecified atom stereocenters. The molecule has 1 aliphatic carbocycles. The van der Waals surface area contributed by atoms with Gasteiger partial charge in [-0.1, -0.05) is 38.8 Å². The van der Waals surface area contributed by atoms with E-state index in [1.54, 1.807) is 12.1 Å². The van der Waals surface area contributed by atoms with Crippen LogP contribution < -0.4 is 4.90 Å². The van der Waals surface area contributed by atoms with Gasteiger partial charge in [-0.3, -0.25) is 4.79 Å². The topological polar surface area (TPSA) is 67.3 Å². The number of allylic oxidation sites excluding steroid dienone is 3. The molecule has 0 saturated heterocycles. The zero-order chi connectivity index (χ0) is 24.9. The molecule has 0 bridgehead atoms. The van der Waals surface area contributed by atoms with E-state index in [4.69, 9.17) is 5.26 Å². The minimum absolute atomic E-state index is 0.0200. The number of nitriles is 1. The molecule has 1 aliphatic heterocycles. The van der Waals surface area contributed by atoms with Crippen LogP contribution in [0.25, 0.3) is 11.1 Å². The van der Waals surface area contributed by atoms with E-state index in [2.05, 4.69) is 24.5 Å². The zero-order valence-corrected chi connectivity index (χ0v) is 20.4. The molecule has 0 fully saturated rings. The second-order valence-corrected chi connectivity index (χ2v) is 8.95. The normalized spacial score (nSPS) is 16.6. The Hall–Kier alpha value is -3.72. The van der Waals surface area contributed by atoms with Crippen LogP contribution in [0.3, 0.4) is 0 Å². The van der Waals surface area contributed by atoms with E-state index in [9.17, 15) is 9.90 Å². The van der Waals surface area contributed by atoms with Crippen LogP contribution in [0.2, 0.25) is 0 Å². The number of para-hydroxylation sites is 1. The van der Waals surface area contributed by atoms with Crippen molar-refractivity contribution in [3.8, 4) is 6.07 Å². The number of Topliss-reactive ketones (excluding diaryl/α,β-unsaturated/α-hetero) is 1. The fraction of sp³-hybridized carbons (Fsp3) is 0.345. The number of carbonyl (C=O) groups is 1. The lowest BCUT2D eigenvalue weighted by Crippen LogP contribution is -2.26. The standard InChI is InChI=1S/C29H30FN3O2/c1-3-5-15-32(17-9-14-31)20-12-13-22(24(30)18-20)26-28(34)27(29(26)35)23-19-33(16-6-4-2)25-11-8-7-10-21(23)25/h7-8,10-13,18-19H,3-6,9,15-17H2,1-2H3/p+1. The summed E-state index contributed by atoms with van der Waals surface area (Å²) in [5, 5.41) is 19.9. The molecule has 0 spiro atoms. The maximum Gasteiger partial charge on any atom is 0.213 e. The van der Waals surface area contributed by atoms with E-state index in [1.165, 1.54) is 6.07 Å². The predicted molar refractivity (Wildman–Crippen MR) is 137 cm³/mol. The van der Waals surface area contributed by atoms with Gasteiger partial charge in [-0.15, -0.1) is 0 Å². The Balaban J connectivity index is 1.69. The van der Waals surface area contributed by atoms with Crippen molar-refractivity contribution >= 4 is 34.5 Å². The lowest BCUT2D eigenvalue weighted by atomic mass is 9.79. The molecule has 0 radical (unpaired) electrons. The second-order valence-electron chi connectivity index (χ2n) is 8.95. The molecule has 4 rings (SSSR count). The van der Waals surface area contributed by atoms with Crippen LogP contribution in [0.4, 0.5) is 15.8 Å². The van der Waals surface area contributed by atoms with Crippen molar-refractivity contribution in [3.05, 3.63) is 70.7 Å². The quantitative estimate of drug-likeness (QED) is 0.331. The van der Waals surface area contributed by atoms with Gasteiger partial charge in [0.15, 0.2) is 6.21 Å². The van der Waals surface area contributed by atoms with Gasteiger partial charge in [-0.25, -0.2) is 4.39 Å². The van der Waals surface area contributed by atoms with E-state index in [0.29, 0.717) is 24.2 Å². The van der Waals surface area contributed by atoms with Gasteiger partial charge in [0.2, 0.25) is 11.5 Å². The number of nitrogens with zero attached hydrogens (tertiary/aromatic N) is 3. The number of aliphatic hydroxyl groups excluding tert-OH is 1. The van der Waals surface area contributed by atoms with Crippen molar-refractivity contribution in [3.63, 3.8) is 0 Å². The fourth-order valence-corrected chi connectivity index (χ4v) is 4.67. The average Bonchev–Trinajstić information content (AvgIpc) is 3.22. The SMILES string of the molecule is CCCCN(CCC#N)c1ccc(C2=C(O)C(=C3C=[N+](CCCC)c4ccccc43)C2=O)c(F)c1. The molecular formula is C29H31FN3O2+. The molecule has 1 N–H and O–H groups in total. The van der Waals surface area contributed by atoms with Gasteiger partial charge in [0.05, 0.1) is 34.8 Å². The van der Waals surface area contributed by atoms with Crippen molar-refractivity contribution in [2.45, 2.75) is 46.0 Å². The summed E-state index contributed by atoms with van der Waals surface area (Å²) in [7, 11) is 0. The molecule has 0 atom stereocenters. The number of hydrogen-bond donors (Lipinski definition) is 1. The van der Waals surface area contributed by atoms with Gasteiger partial charge in [0, 0.05) is 36.8 Å². The maximum absolute atomic E-state index is 15.2. The minimum atomic E-state index is -0.555. The maximum atomic E-state index is 15.2. The fourth-order valence-electron chi connectivity index (χ4n) is 4.67. The summed E-state index contributed by atoms with van der Waals surface area (Å²) < 4.78 is 17.3. The molecule has 2 aromatic carbocycles. The van der Waals surface area contributed by atoms with E-state index < -0.39 is 5.82 Å². The van der Waals surface area contributed by atoms with Gasteiger partial charge < -0.3 is 10.0 Å². The Morgan fingerprint density at radius 3 is 2.49 bits per heavy atom. The number of benzene rings is 2.